The first-order valence-electron chi connectivity index (χ1n) is 9.32. The predicted octanol–water partition coefficient (Wildman–Crippen LogP) is 3.22. The summed E-state index contributed by atoms with van der Waals surface area (Å²) in [5.74, 6) is 0. The van der Waals surface area contributed by atoms with Gasteiger partial charge in [-0.2, -0.15) is 0 Å². The summed E-state index contributed by atoms with van der Waals surface area (Å²) >= 11 is 0. The molecule has 4 nitrogen and oxygen atoms in total. The third-order valence-electron chi connectivity index (χ3n) is 5.75. The molecule has 4 heteroatoms. The minimum Gasteiger partial charge on any atom is -0.383 e. The third kappa shape index (κ3) is 3.52. The van der Waals surface area contributed by atoms with Gasteiger partial charge in [0.05, 0.1) is 19.4 Å². The molecule has 0 radical (unpaired) electrons. The molecule has 2 aliphatic rings. The van der Waals surface area contributed by atoms with Crippen LogP contribution in [0, 0.1) is 6.92 Å². The highest BCUT2D eigenvalue weighted by Gasteiger charge is 2.47. The normalized spacial score (nSPS) is 26.0. The molecule has 0 amide bonds. The van der Waals surface area contributed by atoms with Crippen molar-refractivity contribution >= 4 is 0 Å². The fraction of sp³-hybridized carbons (Fsp3) is 0.700. The number of hydrogen-bond acceptors (Lipinski definition) is 4. The van der Waals surface area contributed by atoms with Crippen LogP contribution >= 0.6 is 0 Å². The fourth-order valence-electron chi connectivity index (χ4n) is 4.62. The van der Waals surface area contributed by atoms with E-state index in [1.807, 2.05) is 0 Å². The van der Waals surface area contributed by atoms with Gasteiger partial charge in [0.1, 0.15) is 0 Å². The fourth-order valence-corrected chi connectivity index (χ4v) is 4.62. The average Bonchev–Trinajstić information content (AvgIpc) is 2.92. The Kier molecular flexibility index (Phi) is 6.28. The monoisotopic (exact) mass is 332 g/mol. The van der Waals surface area contributed by atoms with E-state index in [9.17, 15) is 0 Å². The number of benzene rings is 1. The van der Waals surface area contributed by atoms with Crippen molar-refractivity contribution in [3.63, 3.8) is 0 Å². The molecule has 1 aliphatic carbocycles. The van der Waals surface area contributed by atoms with Crippen molar-refractivity contribution in [2.75, 3.05) is 40.5 Å². The summed E-state index contributed by atoms with van der Waals surface area (Å²) in [7, 11) is 3.61. The highest BCUT2D eigenvalue weighted by atomic mass is 16.5. The summed E-state index contributed by atoms with van der Waals surface area (Å²) in [5.41, 5.74) is 2.82. The lowest BCUT2D eigenvalue weighted by molar-refractivity contribution is 0.0638. The zero-order valence-corrected chi connectivity index (χ0v) is 15.4. The molecule has 1 aromatic carbocycles. The first kappa shape index (κ1) is 17.9. The van der Waals surface area contributed by atoms with Gasteiger partial charge in [0.15, 0.2) is 0 Å². The van der Waals surface area contributed by atoms with E-state index >= 15 is 0 Å². The molecule has 24 heavy (non-hydrogen) atoms. The number of rotatable bonds is 7. The van der Waals surface area contributed by atoms with Crippen LogP contribution in [0.1, 0.15) is 43.0 Å². The van der Waals surface area contributed by atoms with Gasteiger partial charge in [-0.3, -0.25) is 9.80 Å². The molecule has 134 valence electrons. The summed E-state index contributed by atoms with van der Waals surface area (Å²) in [6.45, 7) is 5.83. The molecular weight excluding hydrogens is 300 g/mol. The van der Waals surface area contributed by atoms with Gasteiger partial charge in [0.25, 0.3) is 0 Å². The first-order valence-corrected chi connectivity index (χ1v) is 9.32. The Morgan fingerprint density at radius 1 is 0.917 bits per heavy atom. The number of methoxy groups -OCH3 is 2. The van der Waals surface area contributed by atoms with Crippen molar-refractivity contribution in [3.8, 4) is 0 Å². The van der Waals surface area contributed by atoms with Crippen LogP contribution in [0.4, 0.5) is 0 Å². The first-order chi connectivity index (χ1) is 11.8. The Morgan fingerprint density at radius 3 is 1.96 bits per heavy atom. The lowest BCUT2D eigenvalue weighted by atomic mass is 9.90. The summed E-state index contributed by atoms with van der Waals surface area (Å²) in [5, 5.41) is 0. The Bertz CT molecular complexity index is 498. The zero-order chi connectivity index (χ0) is 16.9. The Hall–Kier alpha value is -0.940. The predicted molar refractivity (Wildman–Crippen MR) is 97.1 cm³/mol. The third-order valence-corrected chi connectivity index (χ3v) is 5.75. The maximum Gasteiger partial charge on any atom is 0.0896 e. The van der Waals surface area contributed by atoms with Crippen LogP contribution in [0.15, 0.2) is 24.3 Å². The van der Waals surface area contributed by atoms with E-state index in [1.54, 1.807) is 14.2 Å². The van der Waals surface area contributed by atoms with Crippen LogP contribution in [0.25, 0.3) is 0 Å². The van der Waals surface area contributed by atoms with Crippen molar-refractivity contribution in [1.82, 2.24) is 9.80 Å². The highest BCUT2D eigenvalue weighted by molar-refractivity contribution is 5.30. The van der Waals surface area contributed by atoms with Crippen LogP contribution in [0.5, 0.6) is 0 Å². The molecule has 2 atom stereocenters. The van der Waals surface area contributed by atoms with Crippen LogP contribution in [-0.4, -0.2) is 62.4 Å². The van der Waals surface area contributed by atoms with Gasteiger partial charge in [-0.1, -0.05) is 37.1 Å². The topological polar surface area (TPSA) is 24.9 Å². The zero-order valence-electron chi connectivity index (χ0n) is 15.4. The van der Waals surface area contributed by atoms with Crippen LogP contribution in [0.2, 0.25) is 0 Å². The van der Waals surface area contributed by atoms with Crippen LogP contribution in [0.3, 0.4) is 0 Å². The van der Waals surface area contributed by atoms with E-state index in [4.69, 9.17) is 9.47 Å². The number of aryl methyl sites for hydroxylation is 1. The van der Waals surface area contributed by atoms with Crippen LogP contribution in [-0.2, 0) is 9.47 Å². The van der Waals surface area contributed by atoms with Crippen LogP contribution < -0.4 is 0 Å². The van der Waals surface area contributed by atoms with E-state index in [0.717, 1.165) is 26.3 Å². The van der Waals surface area contributed by atoms with Crippen molar-refractivity contribution < 1.29 is 9.47 Å². The number of fused-ring (bicyclic) bond motifs is 1. The lowest BCUT2D eigenvalue weighted by Crippen LogP contribution is -2.41. The second-order valence-corrected chi connectivity index (χ2v) is 7.11. The molecule has 1 aromatic rings. The smallest absolute Gasteiger partial charge is 0.0896 e. The number of hydrogen-bond donors (Lipinski definition) is 0. The molecule has 0 aromatic heterocycles. The SMILES string of the molecule is COCCN1C(c2ccccc2C)N(CCOC)[C@@H]2CCCC[C@H]21. The van der Waals surface area contributed by atoms with Gasteiger partial charge < -0.3 is 9.47 Å². The van der Waals surface area contributed by atoms with Crippen molar-refractivity contribution in [2.45, 2.75) is 50.9 Å². The maximum absolute atomic E-state index is 5.43. The molecule has 3 rings (SSSR count). The molecule has 1 heterocycles. The largest absolute Gasteiger partial charge is 0.383 e. The maximum atomic E-state index is 5.43. The average molecular weight is 332 g/mol. The lowest BCUT2D eigenvalue weighted by Gasteiger charge is -2.33. The second kappa shape index (κ2) is 8.43. The Balaban J connectivity index is 1.95. The molecule has 0 spiro atoms. The van der Waals surface area contributed by atoms with Crippen molar-refractivity contribution in [1.29, 1.82) is 0 Å². The Morgan fingerprint density at radius 2 is 1.46 bits per heavy atom. The summed E-state index contributed by atoms with van der Waals surface area (Å²) in [6.07, 6.45) is 5.66. The second-order valence-electron chi connectivity index (χ2n) is 7.11. The summed E-state index contributed by atoms with van der Waals surface area (Å²) in [4.78, 5) is 5.40. The van der Waals surface area contributed by atoms with E-state index in [0.29, 0.717) is 18.2 Å². The van der Waals surface area contributed by atoms with Gasteiger partial charge in [-0.15, -0.1) is 0 Å². The molecule has 1 saturated carbocycles. The molecular formula is C20H32N2O2. The quantitative estimate of drug-likeness (QED) is 0.765. The van der Waals surface area contributed by atoms with Gasteiger partial charge in [-0.25, -0.2) is 0 Å². The van der Waals surface area contributed by atoms with Crippen molar-refractivity contribution in [2.24, 2.45) is 0 Å². The molecule has 1 saturated heterocycles. The van der Waals surface area contributed by atoms with Gasteiger partial charge in [0, 0.05) is 39.4 Å². The van der Waals surface area contributed by atoms with Gasteiger partial charge in [0.2, 0.25) is 0 Å². The standard InChI is InChI=1S/C20H32N2O2/c1-16-8-4-5-9-17(16)20-21(12-14-23-2)18-10-6-7-11-19(18)22(20)13-15-24-3/h4-5,8-9,18-20H,6-7,10-15H2,1-3H3/t18-,19-/m1/s1. The van der Waals surface area contributed by atoms with Gasteiger partial charge in [-0.05, 0) is 30.9 Å². The molecule has 0 bridgehead atoms. The van der Waals surface area contributed by atoms with Gasteiger partial charge >= 0.3 is 0 Å². The molecule has 2 fully saturated rings. The minimum atomic E-state index is 0.351. The summed E-state index contributed by atoms with van der Waals surface area (Å²) in [6, 6.07) is 10.1. The van der Waals surface area contributed by atoms with Crippen molar-refractivity contribution in [3.05, 3.63) is 35.4 Å². The number of nitrogens with zero attached hydrogens (tertiary/aromatic N) is 2. The molecule has 0 N–H and O–H groups in total. The highest BCUT2D eigenvalue weighted by Crippen LogP contribution is 2.43. The Labute approximate surface area is 146 Å². The minimum absolute atomic E-state index is 0.351. The van der Waals surface area contributed by atoms with E-state index in [1.165, 1.54) is 36.8 Å². The number of ether oxygens (including phenoxy) is 2. The van der Waals surface area contributed by atoms with E-state index in [2.05, 4.69) is 41.0 Å². The molecule has 0 unspecified atom stereocenters. The summed E-state index contributed by atoms with van der Waals surface area (Å²) < 4.78 is 10.9. The van der Waals surface area contributed by atoms with E-state index in [-0.39, 0.29) is 0 Å². The van der Waals surface area contributed by atoms with E-state index < -0.39 is 0 Å². The molecule has 1 aliphatic heterocycles.